The van der Waals surface area contributed by atoms with Crippen LogP contribution in [0, 0.1) is 11.3 Å². The Bertz CT molecular complexity index is 484. The van der Waals surface area contributed by atoms with Gasteiger partial charge in [0.25, 0.3) is 5.91 Å². The highest BCUT2D eigenvalue weighted by Crippen LogP contribution is 2.38. The number of aromatic nitrogens is 3. The molecule has 0 radical (unpaired) electrons. The highest BCUT2D eigenvalue weighted by molar-refractivity contribution is 5.90. The quantitative estimate of drug-likeness (QED) is 0.888. The Morgan fingerprint density at radius 1 is 1.32 bits per heavy atom. The van der Waals surface area contributed by atoms with Gasteiger partial charge in [-0.05, 0) is 30.6 Å². The third kappa shape index (κ3) is 2.51. The first kappa shape index (κ1) is 12.6. The lowest BCUT2D eigenvalue weighted by Crippen LogP contribution is -2.31. The van der Waals surface area contributed by atoms with Crippen LogP contribution in [0.25, 0.3) is 0 Å². The third-order valence-electron chi connectivity index (χ3n) is 4.36. The van der Waals surface area contributed by atoms with Crippen LogP contribution >= 0.6 is 0 Å². The van der Waals surface area contributed by atoms with E-state index < -0.39 is 0 Å². The normalized spacial score (nSPS) is 23.9. The van der Waals surface area contributed by atoms with E-state index in [1.807, 2.05) is 4.90 Å². The topological polar surface area (TPSA) is 61.9 Å². The summed E-state index contributed by atoms with van der Waals surface area (Å²) in [6.07, 6.45) is 3.41. The minimum absolute atomic E-state index is 0.0186. The molecule has 2 fully saturated rings. The molecule has 1 aromatic rings. The number of amides is 1. The van der Waals surface area contributed by atoms with E-state index in [0.29, 0.717) is 17.7 Å². The Morgan fingerprint density at radius 3 is 2.63 bits per heavy atom. The molecule has 1 saturated heterocycles. The van der Waals surface area contributed by atoms with Crippen LogP contribution in [0.15, 0.2) is 0 Å². The number of carbonyl (C=O) groups is 1. The van der Waals surface area contributed by atoms with Gasteiger partial charge in [0.05, 0.1) is 0 Å². The van der Waals surface area contributed by atoms with E-state index in [0.717, 1.165) is 25.3 Å². The van der Waals surface area contributed by atoms with E-state index in [9.17, 15) is 4.79 Å². The zero-order chi connectivity index (χ0) is 13.6. The number of likely N-dealkylation sites (tertiary alicyclic amines) is 1. The van der Waals surface area contributed by atoms with Gasteiger partial charge in [-0.2, -0.15) is 0 Å². The minimum Gasteiger partial charge on any atom is -0.336 e. The largest absolute Gasteiger partial charge is 0.336 e. The first-order valence-corrected chi connectivity index (χ1v) is 7.16. The van der Waals surface area contributed by atoms with E-state index in [1.165, 1.54) is 12.8 Å². The van der Waals surface area contributed by atoms with Crippen LogP contribution in [0.5, 0.6) is 0 Å². The Labute approximate surface area is 113 Å². The molecule has 1 aromatic heterocycles. The Morgan fingerprint density at radius 2 is 2.05 bits per heavy atom. The molecule has 0 bridgehead atoms. The Balaban J connectivity index is 1.67. The van der Waals surface area contributed by atoms with E-state index in [4.69, 9.17) is 0 Å². The Hall–Kier alpha value is -1.39. The van der Waals surface area contributed by atoms with Crippen LogP contribution in [-0.4, -0.2) is 39.1 Å². The fourth-order valence-corrected chi connectivity index (χ4v) is 2.70. The van der Waals surface area contributed by atoms with Crippen molar-refractivity contribution in [1.29, 1.82) is 0 Å². The zero-order valence-corrected chi connectivity index (χ0v) is 11.9. The number of rotatable bonds is 2. The van der Waals surface area contributed by atoms with Crippen LogP contribution < -0.4 is 0 Å². The number of H-pyrrole nitrogens is 1. The first-order chi connectivity index (χ1) is 8.95. The van der Waals surface area contributed by atoms with E-state index in [-0.39, 0.29) is 11.3 Å². The summed E-state index contributed by atoms with van der Waals surface area (Å²) < 4.78 is 0. The van der Waals surface area contributed by atoms with Crippen molar-refractivity contribution in [2.24, 2.45) is 11.3 Å². The maximum absolute atomic E-state index is 12.4. The summed E-state index contributed by atoms with van der Waals surface area (Å²) in [5.41, 5.74) is 0.257. The molecule has 2 heterocycles. The van der Waals surface area contributed by atoms with E-state index >= 15 is 0 Å². The summed E-state index contributed by atoms with van der Waals surface area (Å²) in [5, 5.41) is 6.99. The standard InChI is InChI=1S/C14H22N4O/c1-14(2,3)10-6-7-18(8-10)13(19)12-15-11(16-17-12)9-4-5-9/h9-10H,4-8H2,1-3H3,(H,15,16,17). The number of hydrogen-bond donors (Lipinski definition) is 1. The second kappa shape index (κ2) is 4.32. The van der Waals surface area contributed by atoms with Gasteiger partial charge in [0.1, 0.15) is 5.82 Å². The van der Waals surface area contributed by atoms with E-state index in [2.05, 4.69) is 36.0 Å². The molecule has 19 heavy (non-hydrogen) atoms. The van der Waals surface area contributed by atoms with Crippen LogP contribution in [0.1, 0.15) is 62.4 Å². The fraction of sp³-hybridized carbons (Fsp3) is 0.786. The average molecular weight is 262 g/mol. The maximum atomic E-state index is 12.4. The molecule has 1 aliphatic heterocycles. The van der Waals surface area contributed by atoms with Crippen molar-refractivity contribution in [2.75, 3.05) is 13.1 Å². The Kier molecular flexibility index (Phi) is 2.87. The van der Waals surface area contributed by atoms with Gasteiger partial charge in [-0.3, -0.25) is 9.89 Å². The van der Waals surface area contributed by atoms with Crippen LogP contribution in [0.4, 0.5) is 0 Å². The zero-order valence-electron chi connectivity index (χ0n) is 11.9. The van der Waals surface area contributed by atoms with Crippen LogP contribution in [0.3, 0.4) is 0 Å². The molecule has 1 saturated carbocycles. The monoisotopic (exact) mass is 262 g/mol. The van der Waals surface area contributed by atoms with Gasteiger partial charge in [-0.15, -0.1) is 5.10 Å². The summed E-state index contributed by atoms with van der Waals surface area (Å²) >= 11 is 0. The predicted molar refractivity (Wildman–Crippen MR) is 71.8 cm³/mol. The van der Waals surface area contributed by atoms with Crippen molar-refractivity contribution >= 4 is 5.91 Å². The second-order valence-electron chi connectivity index (χ2n) is 6.92. The predicted octanol–water partition coefficient (Wildman–Crippen LogP) is 2.19. The van der Waals surface area contributed by atoms with Crippen molar-refractivity contribution in [3.8, 4) is 0 Å². The average Bonchev–Trinajstić information content (AvgIpc) is 2.91. The summed E-state index contributed by atoms with van der Waals surface area (Å²) in [6, 6.07) is 0. The van der Waals surface area contributed by atoms with Crippen molar-refractivity contribution in [2.45, 2.75) is 46.0 Å². The van der Waals surface area contributed by atoms with Crippen molar-refractivity contribution < 1.29 is 4.79 Å². The SMILES string of the molecule is CC(C)(C)C1CCN(C(=O)c2n[nH]c(C3CC3)n2)C1. The molecule has 0 aromatic carbocycles. The molecule has 104 valence electrons. The third-order valence-corrected chi connectivity index (χ3v) is 4.36. The van der Waals surface area contributed by atoms with Gasteiger partial charge in [0.2, 0.25) is 5.82 Å². The lowest BCUT2D eigenvalue weighted by molar-refractivity contribution is 0.0765. The molecule has 1 atom stereocenters. The number of nitrogens with one attached hydrogen (secondary N) is 1. The molecule has 1 aliphatic carbocycles. The van der Waals surface area contributed by atoms with Gasteiger partial charge in [-0.25, -0.2) is 4.98 Å². The summed E-state index contributed by atoms with van der Waals surface area (Å²) in [6.45, 7) is 8.38. The van der Waals surface area contributed by atoms with Gasteiger partial charge in [0.15, 0.2) is 0 Å². The molecular formula is C14H22N4O. The number of aromatic amines is 1. The van der Waals surface area contributed by atoms with Crippen LogP contribution in [0.2, 0.25) is 0 Å². The van der Waals surface area contributed by atoms with Crippen LogP contribution in [-0.2, 0) is 0 Å². The lowest BCUT2D eigenvalue weighted by Gasteiger charge is -2.26. The maximum Gasteiger partial charge on any atom is 0.293 e. The molecular weight excluding hydrogens is 240 g/mol. The lowest BCUT2D eigenvalue weighted by atomic mass is 9.80. The molecule has 1 unspecified atom stereocenters. The molecule has 1 N–H and O–H groups in total. The van der Waals surface area contributed by atoms with Gasteiger partial charge in [-0.1, -0.05) is 20.8 Å². The first-order valence-electron chi connectivity index (χ1n) is 7.16. The van der Waals surface area contributed by atoms with Crippen molar-refractivity contribution in [3.63, 3.8) is 0 Å². The summed E-state index contributed by atoms with van der Waals surface area (Å²) in [5.74, 6) is 2.29. The van der Waals surface area contributed by atoms with Gasteiger partial charge in [0, 0.05) is 19.0 Å². The highest BCUT2D eigenvalue weighted by Gasteiger charge is 2.36. The van der Waals surface area contributed by atoms with Gasteiger partial charge >= 0.3 is 0 Å². The highest BCUT2D eigenvalue weighted by atomic mass is 16.2. The minimum atomic E-state index is -0.0186. The molecule has 2 aliphatic rings. The number of hydrogen-bond acceptors (Lipinski definition) is 3. The van der Waals surface area contributed by atoms with E-state index in [1.54, 1.807) is 0 Å². The van der Waals surface area contributed by atoms with Crippen molar-refractivity contribution in [1.82, 2.24) is 20.1 Å². The molecule has 1 amide bonds. The fourth-order valence-electron chi connectivity index (χ4n) is 2.70. The van der Waals surface area contributed by atoms with Gasteiger partial charge < -0.3 is 4.90 Å². The number of carbonyl (C=O) groups excluding carboxylic acids is 1. The smallest absolute Gasteiger partial charge is 0.293 e. The molecule has 5 heteroatoms. The second-order valence-corrected chi connectivity index (χ2v) is 6.92. The molecule has 5 nitrogen and oxygen atoms in total. The van der Waals surface area contributed by atoms with Crippen molar-refractivity contribution in [3.05, 3.63) is 11.6 Å². The number of nitrogens with zero attached hydrogens (tertiary/aromatic N) is 3. The molecule has 0 spiro atoms. The summed E-state index contributed by atoms with van der Waals surface area (Å²) in [4.78, 5) is 18.6. The summed E-state index contributed by atoms with van der Waals surface area (Å²) in [7, 11) is 0. The molecule has 3 rings (SSSR count).